The van der Waals surface area contributed by atoms with Crippen LogP contribution in [-0.4, -0.2) is 33.7 Å². The van der Waals surface area contributed by atoms with Gasteiger partial charge in [0.25, 0.3) is 0 Å². The average Bonchev–Trinajstić information content (AvgIpc) is 2.91. The molecule has 1 saturated heterocycles. The number of hydrogen-bond donors (Lipinski definition) is 0. The smallest absolute Gasteiger partial charge is 0.247 e. The molecule has 1 unspecified atom stereocenters. The van der Waals surface area contributed by atoms with Gasteiger partial charge in [-0.15, -0.1) is 0 Å². The minimum Gasteiger partial charge on any atom is -0.341 e. The van der Waals surface area contributed by atoms with Crippen molar-refractivity contribution in [3.05, 3.63) is 18.5 Å². The second-order valence-corrected chi connectivity index (χ2v) is 4.39. The van der Waals surface area contributed by atoms with Gasteiger partial charge in [0, 0.05) is 31.4 Å². The Morgan fingerprint density at radius 3 is 2.76 bits per heavy atom. The minimum atomic E-state index is -0.261. The third kappa shape index (κ3) is 2.47. The molecule has 0 saturated carbocycles. The largest absolute Gasteiger partial charge is 0.341 e. The molecule has 0 bridgehead atoms. The van der Waals surface area contributed by atoms with Crippen molar-refractivity contribution in [3.8, 4) is 6.07 Å². The lowest BCUT2D eigenvalue weighted by Gasteiger charge is -2.31. The number of carbonyl (C=O) groups excluding carboxylic acids is 1. The van der Waals surface area contributed by atoms with Gasteiger partial charge in [0.2, 0.25) is 5.91 Å². The van der Waals surface area contributed by atoms with Gasteiger partial charge in [0.15, 0.2) is 0 Å². The Morgan fingerprint density at radius 1 is 1.53 bits per heavy atom. The average molecular weight is 232 g/mol. The van der Waals surface area contributed by atoms with Crippen LogP contribution in [0.15, 0.2) is 18.5 Å². The highest BCUT2D eigenvalue weighted by atomic mass is 16.2. The lowest BCUT2D eigenvalue weighted by Crippen LogP contribution is -2.41. The lowest BCUT2D eigenvalue weighted by molar-refractivity contribution is -0.135. The van der Waals surface area contributed by atoms with E-state index in [2.05, 4.69) is 11.2 Å². The van der Waals surface area contributed by atoms with E-state index in [0.717, 1.165) is 12.8 Å². The van der Waals surface area contributed by atoms with Gasteiger partial charge in [0.05, 0.1) is 6.07 Å². The Balaban J connectivity index is 1.95. The Kier molecular flexibility index (Phi) is 3.43. The topological polar surface area (TPSA) is 61.9 Å². The summed E-state index contributed by atoms with van der Waals surface area (Å²) in [6.45, 7) is 3.22. The van der Waals surface area contributed by atoms with Crippen LogP contribution >= 0.6 is 0 Å². The van der Waals surface area contributed by atoms with Crippen molar-refractivity contribution in [2.45, 2.75) is 25.8 Å². The predicted octanol–water partition coefficient (Wildman–Crippen LogP) is 1.21. The first-order valence-electron chi connectivity index (χ1n) is 5.90. The standard InChI is InChI=1S/C12H16N4O/c1-10(16-6-2-5-14-16)12(17)15-7-3-11(9-13)4-8-15/h2,5-6,10-11H,3-4,7-8H2,1H3. The van der Waals surface area contributed by atoms with Crippen molar-refractivity contribution < 1.29 is 4.79 Å². The molecule has 1 aliphatic rings. The number of piperidine rings is 1. The van der Waals surface area contributed by atoms with Crippen molar-refractivity contribution >= 4 is 5.91 Å². The number of hydrogen-bond acceptors (Lipinski definition) is 3. The summed E-state index contributed by atoms with van der Waals surface area (Å²) in [5.41, 5.74) is 0. The summed E-state index contributed by atoms with van der Waals surface area (Å²) in [6.07, 6.45) is 5.04. The quantitative estimate of drug-likeness (QED) is 0.769. The predicted molar refractivity (Wildman–Crippen MR) is 61.9 cm³/mol. The molecule has 5 nitrogen and oxygen atoms in total. The van der Waals surface area contributed by atoms with E-state index in [4.69, 9.17) is 5.26 Å². The van der Waals surface area contributed by atoms with Crippen LogP contribution in [0.2, 0.25) is 0 Å². The molecule has 0 aromatic carbocycles. The van der Waals surface area contributed by atoms with Crippen molar-refractivity contribution in [1.82, 2.24) is 14.7 Å². The molecule has 17 heavy (non-hydrogen) atoms. The van der Waals surface area contributed by atoms with E-state index >= 15 is 0 Å². The zero-order chi connectivity index (χ0) is 12.3. The zero-order valence-electron chi connectivity index (χ0n) is 9.91. The SMILES string of the molecule is CC(C(=O)N1CCC(C#N)CC1)n1cccn1. The van der Waals surface area contributed by atoms with Gasteiger partial charge >= 0.3 is 0 Å². The maximum Gasteiger partial charge on any atom is 0.247 e. The Bertz CT molecular complexity index is 412. The number of aromatic nitrogens is 2. The van der Waals surface area contributed by atoms with Gasteiger partial charge < -0.3 is 4.90 Å². The molecule has 1 fully saturated rings. The molecule has 1 amide bonds. The number of amides is 1. The molecule has 5 heteroatoms. The fraction of sp³-hybridized carbons (Fsp3) is 0.583. The van der Waals surface area contributed by atoms with Crippen molar-refractivity contribution in [3.63, 3.8) is 0 Å². The van der Waals surface area contributed by atoms with E-state index in [9.17, 15) is 4.79 Å². The monoisotopic (exact) mass is 232 g/mol. The highest BCUT2D eigenvalue weighted by molar-refractivity contribution is 5.80. The van der Waals surface area contributed by atoms with Crippen molar-refractivity contribution in [1.29, 1.82) is 5.26 Å². The highest BCUT2D eigenvalue weighted by Crippen LogP contribution is 2.19. The van der Waals surface area contributed by atoms with E-state index in [0.29, 0.717) is 13.1 Å². The molecular weight excluding hydrogens is 216 g/mol. The second-order valence-electron chi connectivity index (χ2n) is 4.39. The molecule has 0 N–H and O–H groups in total. The molecule has 0 radical (unpaired) electrons. The molecule has 0 spiro atoms. The summed E-state index contributed by atoms with van der Waals surface area (Å²) < 4.78 is 1.67. The summed E-state index contributed by atoms with van der Waals surface area (Å²) in [7, 11) is 0. The maximum atomic E-state index is 12.2. The first-order valence-corrected chi connectivity index (χ1v) is 5.90. The first-order chi connectivity index (χ1) is 8.22. The summed E-state index contributed by atoms with van der Waals surface area (Å²) in [5, 5.41) is 12.9. The van der Waals surface area contributed by atoms with Crippen LogP contribution in [0.1, 0.15) is 25.8 Å². The Morgan fingerprint density at radius 2 is 2.24 bits per heavy atom. The van der Waals surface area contributed by atoms with Gasteiger partial charge in [-0.3, -0.25) is 9.48 Å². The summed E-state index contributed by atoms with van der Waals surface area (Å²) >= 11 is 0. The number of nitriles is 1. The van der Waals surface area contributed by atoms with Crippen LogP contribution in [0.4, 0.5) is 0 Å². The zero-order valence-corrected chi connectivity index (χ0v) is 9.91. The number of likely N-dealkylation sites (tertiary alicyclic amines) is 1. The number of carbonyl (C=O) groups is 1. The molecule has 1 aliphatic heterocycles. The van der Waals surface area contributed by atoms with Crippen LogP contribution < -0.4 is 0 Å². The fourth-order valence-corrected chi connectivity index (χ4v) is 2.12. The van der Waals surface area contributed by atoms with Gasteiger partial charge in [-0.25, -0.2) is 0 Å². The normalized spacial score (nSPS) is 18.7. The van der Waals surface area contributed by atoms with Gasteiger partial charge in [-0.05, 0) is 25.8 Å². The van der Waals surface area contributed by atoms with Crippen LogP contribution in [0.25, 0.3) is 0 Å². The van der Waals surface area contributed by atoms with Gasteiger partial charge in [-0.2, -0.15) is 10.4 Å². The first kappa shape index (κ1) is 11.6. The van der Waals surface area contributed by atoms with E-state index in [1.54, 1.807) is 17.1 Å². The second kappa shape index (κ2) is 5.00. The molecular formula is C12H16N4O. The van der Waals surface area contributed by atoms with Crippen LogP contribution in [-0.2, 0) is 4.79 Å². The van der Waals surface area contributed by atoms with Gasteiger partial charge in [0.1, 0.15) is 6.04 Å². The van der Waals surface area contributed by atoms with Crippen molar-refractivity contribution in [2.75, 3.05) is 13.1 Å². The molecule has 90 valence electrons. The van der Waals surface area contributed by atoms with Gasteiger partial charge in [-0.1, -0.05) is 0 Å². The summed E-state index contributed by atoms with van der Waals surface area (Å²) in [5.74, 6) is 0.198. The van der Waals surface area contributed by atoms with Crippen LogP contribution in [0, 0.1) is 17.2 Å². The van der Waals surface area contributed by atoms with E-state index in [1.165, 1.54) is 0 Å². The molecule has 2 rings (SSSR count). The third-order valence-corrected chi connectivity index (χ3v) is 3.27. The Labute approximate surface area is 101 Å². The highest BCUT2D eigenvalue weighted by Gasteiger charge is 2.26. The van der Waals surface area contributed by atoms with E-state index in [1.807, 2.05) is 17.9 Å². The fourth-order valence-electron chi connectivity index (χ4n) is 2.12. The van der Waals surface area contributed by atoms with Crippen LogP contribution in [0.5, 0.6) is 0 Å². The van der Waals surface area contributed by atoms with E-state index in [-0.39, 0.29) is 17.9 Å². The lowest BCUT2D eigenvalue weighted by atomic mass is 9.98. The van der Waals surface area contributed by atoms with Crippen molar-refractivity contribution in [2.24, 2.45) is 5.92 Å². The summed E-state index contributed by atoms with van der Waals surface area (Å²) in [6, 6.07) is 3.82. The number of rotatable bonds is 2. The minimum absolute atomic E-state index is 0.0880. The summed E-state index contributed by atoms with van der Waals surface area (Å²) in [4.78, 5) is 14.0. The molecule has 1 aromatic heterocycles. The molecule has 2 heterocycles. The van der Waals surface area contributed by atoms with Crippen LogP contribution in [0.3, 0.4) is 0 Å². The Hall–Kier alpha value is -1.83. The maximum absolute atomic E-state index is 12.2. The molecule has 1 atom stereocenters. The van der Waals surface area contributed by atoms with E-state index < -0.39 is 0 Å². The third-order valence-electron chi connectivity index (χ3n) is 3.27. The number of nitrogens with zero attached hydrogens (tertiary/aromatic N) is 4. The molecule has 0 aliphatic carbocycles. The molecule has 1 aromatic rings.